The van der Waals surface area contributed by atoms with E-state index in [1.54, 1.807) is 17.5 Å². The molecule has 9 aromatic heterocycles. The van der Waals surface area contributed by atoms with E-state index in [1.807, 2.05) is 66.3 Å². The second kappa shape index (κ2) is 21.1. The van der Waals surface area contributed by atoms with Gasteiger partial charge < -0.3 is 15.3 Å². The van der Waals surface area contributed by atoms with E-state index in [9.17, 15) is 0 Å². The molecule has 0 radical (unpaired) electrons. The highest BCUT2D eigenvalue weighted by Gasteiger charge is 2.21. The van der Waals surface area contributed by atoms with Gasteiger partial charge in [-0.15, -0.1) is 22.7 Å². The molecule has 5 N–H and O–H groups in total. The summed E-state index contributed by atoms with van der Waals surface area (Å²) in [4.78, 5) is 28.7. The fourth-order valence-corrected chi connectivity index (χ4v) is 12.2. The first-order chi connectivity index (χ1) is 37.6. The lowest BCUT2D eigenvalue weighted by Crippen LogP contribution is -2.22. The number of aryl methyl sites for hydroxylation is 2. The van der Waals surface area contributed by atoms with Gasteiger partial charge in [0.05, 0.1) is 29.0 Å². The quantitative estimate of drug-likeness (QED) is 0.0724. The van der Waals surface area contributed by atoms with Crippen LogP contribution in [0.1, 0.15) is 41.1 Å². The number of hydrogen-bond donors (Lipinski definition) is 5. The number of nitrogens with one attached hydrogen (secondary N) is 5. The number of allylic oxidation sites excluding steroid dienone is 3. The van der Waals surface area contributed by atoms with Crippen LogP contribution in [0, 0.1) is 19.8 Å². The molecule has 77 heavy (non-hydrogen) atoms. The van der Waals surface area contributed by atoms with Gasteiger partial charge in [0.25, 0.3) is 0 Å². The highest BCUT2D eigenvalue weighted by Crippen LogP contribution is 2.39. The van der Waals surface area contributed by atoms with Crippen LogP contribution in [0.15, 0.2) is 183 Å². The lowest BCUT2D eigenvalue weighted by atomic mass is 10.0. The van der Waals surface area contributed by atoms with Crippen molar-refractivity contribution in [3.63, 3.8) is 0 Å². The molecule has 380 valence electrons. The zero-order chi connectivity index (χ0) is 52.6. The lowest BCUT2D eigenvalue weighted by molar-refractivity contribution is 0.358. The number of pyridine rings is 3. The Morgan fingerprint density at radius 1 is 0.714 bits per heavy atom. The van der Waals surface area contributed by atoms with E-state index in [2.05, 4.69) is 195 Å². The second-order valence-corrected chi connectivity index (χ2v) is 22.4. The predicted molar refractivity (Wildman–Crippen MR) is 323 cm³/mol. The Morgan fingerprint density at radius 3 is 2.10 bits per heavy atom. The zero-order valence-electron chi connectivity index (χ0n) is 43.4. The SMILES string of the molecule is C=C(Nc1cncc(-c2cnc3[nH]nc(-c4cc5c(-c6ccc(C)s6)cccc5[nH]4)c3c2)c1)c1ccccc1.C=C/C(=C\C(=C/C)c1cnc2n[nH]c(-c3cc4c(-c5ccc(C)s5)cccc4[nH]3)c2c1)CN1CCC(C)C1. The number of fused-ring (bicyclic) bond motifs is 4. The van der Waals surface area contributed by atoms with Gasteiger partial charge in [0.2, 0.25) is 0 Å². The molecule has 0 bridgehead atoms. The van der Waals surface area contributed by atoms with Crippen LogP contribution in [-0.4, -0.2) is 69.8 Å². The summed E-state index contributed by atoms with van der Waals surface area (Å²) < 4.78 is 0. The van der Waals surface area contributed by atoms with Gasteiger partial charge in [0.1, 0.15) is 5.69 Å². The molecule has 13 rings (SSSR count). The van der Waals surface area contributed by atoms with Crippen molar-refractivity contribution < 1.29 is 0 Å². The monoisotopic (exact) mass is 1040 g/mol. The highest BCUT2D eigenvalue weighted by atomic mass is 32.1. The van der Waals surface area contributed by atoms with Crippen LogP contribution >= 0.6 is 22.7 Å². The predicted octanol–water partition coefficient (Wildman–Crippen LogP) is 16.3. The van der Waals surface area contributed by atoms with Gasteiger partial charge in [-0.1, -0.05) is 92.9 Å². The summed E-state index contributed by atoms with van der Waals surface area (Å²) in [6.07, 6.45) is 15.1. The summed E-state index contributed by atoms with van der Waals surface area (Å²) in [5.41, 5.74) is 17.9. The molecule has 1 atom stereocenters. The number of thiophene rings is 2. The van der Waals surface area contributed by atoms with Crippen LogP contribution in [0.25, 0.3) is 110 Å². The standard InChI is InChI=1S/C32H24N6S.C32H33N5S/c1-19-11-12-30(39-19)25-9-6-10-28-26(25)15-29(36-28)31-27-14-23(17-34-32(27)38-37-31)22-13-24(18-33-16-22)35-20(2)21-7-4-3-5-8-21;1-5-22(19-37-13-12-20(3)18-37)14-23(6-2)24-15-27-31(35-36-32(27)33-17-24)29-16-26-25(8-7-9-28(26)34-29)30-11-10-21(4)38-30/h3-18,35-36H,2H2,1H3,(H,34,37,38);5-11,14-17,20,34H,1,12-13,18-19H2,2-4H3,(H,33,35,36)/b;22-14+,23-6+. The number of nitrogens with zero attached hydrogens (tertiary/aromatic N) is 6. The molecule has 1 fully saturated rings. The van der Waals surface area contributed by atoms with Crippen LogP contribution in [0.5, 0.6) is 0 Å². The lowest BCUT2D eigenvalue weighted by Gasteiger charge is -2.16. The molecular formula is C64H57N11S2. The van der Waals surface area contributed by atoms with E-state index in [0.29, 0.717) is 5.65 Å². The number of anilines is 1. The highest BCUT2D eigenvalue weighted by molar-refractivity contribution is 7.15. The van der Waals surface area contributed by atoms with Crippen molar-refractivity contribution >= 4 is 83.5 Å². The normalized spacial score (nSPS) is 14.2. The van der Waals surface area contributed by atoms with E-state index in [-0.39, 0.29) is 0 Å². The number of aromatic amines is 4. The summed E-state index contributed by atoms with van der Waals surface area (Å²) in [6.45, 7) is 20.2. The summed E-state index contributed by atoms with van der Waals surface area (Å²) in [5, 5.41) is 23.2. The Labute approximate surface area is 454 Å². The molecule has 0 saturated carbocycles. The second-order valence-electron chi connectivity index (χ2n) is 19.8. The van der Waals surface area contributed by atoms with E-state index >= 15 is 0 Å². The van der Waals surface area contributed by atoms with Crippen molar-refractivity contribution in [3.05, 3.63) is 204 Å². The number of benzene rings is 3. The fourth-order valence-electron chi connectivity index (χ4n) is 10.4. The van der Waals surface area contributed by atoms with Crippen molar-refractivity contribution in [1.82, 2.24) is 50.2 Å². The molecule has 0 spiro atoms. The van der Waals surface area contributed by atoms with E-state index in [4.69, 9.17) is 4.98 Å². The summed E-state index contributed by atoms with van der Waals surface area (Å²) in [6, 6.07) is 42.4. The van der Waals surface area contributed by atoms with Crippen molar-refractivity contribution in [3.8, 4) is 54.8 Å². The van der Waals surface area contributed by atoms with Crippen LogP contribution in [-0.2, 0) is 0 Å². The minimum Gasteiger partial charge on any atom is -0.354 e. The maximum atomic E-state index is 4.70. The molecular weight excluding hydrogens is 987 g/mol. The molecule has 12 aromatic rings. The van der Waals surface area contributed by atoms with Crippen LogP contribution in [0.4, 0.5) is 5.69 Å². The minimum absolute atomic E-state index is 0.714. The number of aromatic nitrogens is 9. The van der Waals surface area contributed by atoms with Gasteiger partial charge in [-0.05, 0) is 123 Å². The van der Waals surface area contributed by atoms with Gasteiger partial charge in [-0.3, -0.25) is 20.1 Å². The number of hydrogen-bond acceptors (Lipinski definition) is 9. The minimum atomic E-state index is 0.714. The Balaban J connectivity index is 0.000000155. The summed E-state index contributed by atoms with van der Waals surface area (Å²) >= 11 is 3.63. The maximum Gasteiger partial charge on any atom is 0.181 e. The van der Waals surface area contributed by atoms with Gasteiger partial charge in [0.15, 0.2) is 11.3 Å². The molecule has 3 aromatic carbocycles. The van der Waals surface area contributed by atoms with Crippen molar-refractivity contribution in [2.75, 3.05) is 25.0 Å². The van der Waals surface area contributed by atoms with Crippen molar-refractivity contribution in [2.45, 2.75) is 34.1 Å². The van der Waals surface area contributed by atoms with Gasteiger partial charge in [0, 0.05) is 117 Å². The van der Waals surface area contributed by atoms with Crippen LogP contribution in [0.3, 0.4) is 0 Å². The third-order valence-corrected chi connectivity index (χ3v) is 16.4. The van der Waals surface area contributed by atoms with E-state index < -0.39 is 0 Å². The summed E-state index contributed by atoms with van der Waals surface area (Å²) in [5.74, 6) is 0.767. The number of likely N-dealkylation sites (tertiary alicyclic amines) is 1. The average molecular weight is 1040 g/mol. The van der Waals surface area contributed by atoms with E-state index in [0.717, 1.165) is 115 Å². The first-order valence-corrected chi connectivity index (χ1v) is 27.5. The largest absolute Gasteiger partial charge is 0.354 e. The third-order valence-electron chi connectivity index (χ3n) is 14.3. The number of rotatable bonds is 13. The topological polar surface area (TPSA) is 143 Å². The van der Waals surface area contributed by atoms with Gasteiger partial charge in [-0.2, -0.15) is 10.2 Å². The molecule has 1 aliphatic rings. The molecule has 0 amide bonds. The smallest absolute Gasteiger partial charge is 0.181 e. The van der Waals surface area contributed by atoms with Crippen molar-refractivity contribution in [1.29, 1.82) is 0 Å². The van der Waals surface area contributed by atoms with Crippen molar-refractivity contribution in [2.24, 2.45) is 5.92 Å². The molecule has 1 saturated heterocycles. The maximum absolute atomic E-state index is 4.70. The Bertz CT molecular complexity index is 4210. The van der Waals surface area contributed by atoms with Gasteiger partial charge in [-0.25, -0.2) is 9.97 Å². The fraction of sp³-hybridized carbons (Fsp3) is 0.141. The Morgan fingerprint density at radius 2 is 1.43 bits per heavy atom. The first-order valence-electron chi connectivity index (χ1n) is 25.9. The van der Waals surface area contributed by atoms with E-state index in [1.165, 1.54) is 53.4 Å². The Hall–Kier alpha value is -8.75. The summed E-state index contributed by atoms with van der Waals surface area (Å²) in [7, 11) is 0. The molecule has 11 nitrogen and oxygen atoms in total. The number of H-pyrrole nitrogens is 4. The van der Waals surface area contributed by atoms with Gasteiger partial charge >= 0.3 is 0 Å². The third kappa shape index (κ3) is 10.1. The average Bonchev–Trinajstić information content (AvgIpc) is 4.42. The molecule has 1 unspecified atom stereocenters. The first kappa shape index (κ1) is 49.1. The molecule has 0 aliphatic carbocycles. The molecule has 10 heterocycles. The van der Waals surface area contributed by atoms with Crippen LogP contribution in [0.2, 0.25) is 0 Å². The Kier molecular flexibility index (Phi) is 13.5. The zero-order valence-corrected chi connectivity index (χ0v) is 45.0. The molecule has 13 heteroatoms. The molecule has 1 aliphatic heterocycles. The van der Waals surface area contributed by atoms with Crippen LogP contribution < -0.4 is 5.32 Å².